The normalized spacial score (nSPS) is 13.5. The van der Waals surface area contributed by atoms with Crippen molar-refractivity contribution in [3.63, 3.8) is 0 Å². The summed E-state index contributed by atoms with van der Waals surface area (Å²) in [5, 5.41) is 14.1. The van der Waals surface area contributed by atoms with Crippen molar-refractivity contribution in [2.45, 2.75) is 20.3 Å². The summed E-state index contributed by atoms with van der Waals surface area (Å²) in [6, 6.07) is 5.61. The number of aromatic nitrogens is 3. The van der Waals surface area contributed by atoms with Gasteiger partial charge in [-0.05, 0) is 37.6 Å². The number of carbonyl (C=O) groups excluding carboxylic acids is 1. The van der Waals surface area contributed by atoms with Crippen LogP contribution in [0.3, 0.4) is 0 Å². The fourth-order valence-electron chi connectivity index (χ4n) is 2.81. The Kier molecular flexibility index (Phi) is 8.41. The van der Waals surface area contributed by atoms with Gasteiger partial charge in [0, 0.05) is 38.7 Å². The summed E-state index contributed by atoms with van der Waals surface area (Å²) in [5.74, 6) is 0.693. The lowest BCUT2D eigenvalue weighted by Gasteiger charge is -2.34. The molecule has 2 heterocycles. The Balaban J connectivity index is 0.000000687. The number of aryl methyl sites for hydroxylation is 1. The maximum absolute atomic E-state index is 12.8. The number of carbonyl (C=O) groups is 2. The predicted molar refractivity (Wildman–Crippen MR) is 108 cm³/mol. The summed E-state index contributed by atoms with van der Waals surface area (Å²) >= 11 is 0. The van der Waals surface area contributed by atoms with Crippen molar-refractivity contribution < 1.29 is 19.4 Å². The molecule has 10 nitrogen and oxygen atoms in total. The largest absolute Gasteiger partial charge is 0.493 e. The van der Waals surface area contributed by atoms with E-state index in [4.69, 9.17) is 20.4 Å². The van der Waals surface area contributed by atoms with Gasteiger partial charge in [-0.1, -0.05) is 6.07 Å². The van der Waals surface area contributed by atoms with Crippen LogP contribution in [-0.4, -0.2) is 76.4 Å². The molecule has 1 aromatic heterocycles. The Hall–Kier alpha value is -3.14. The third-order valence-electron chi connectivity index (χ3n) is 4.31. The molecule has 1 amide bonds. The number of ether oxygens (including phenoxy) is 1. The number of aliphatic carboxylic acids is 1. The highest BCUT2D eigenvalue weighted by atomic mass is 16.5. The van der Waals surface area contributed by atoms with Crippen molar-refractivity contribution in [2.24, 2.45) is 5.73 Å². The highest BCUT2D eigenvalue weighted by Crippen LogP contribution is 2.21. The fraction of sp³-hybridized carbons (Fsp3) is 0.474. The molecule has 0 unspecified atom stereocenters. The Morgan fingerprint density at radius 3 is 2.55 bits per heavy atom. The van der Waals surface area contributed by atoms with Crippen LogP contribution in [0.1, 0.15) is 29.3 Å². The number of rotatable bonds is 6. The zero-order valence-corrected chi connectivity index (χ0v) is 16.8. The quantitative estimate of drug-likeness (QED) is 0.604. The van der Waals surface area contributed by atoms with E-state index in [9.17, 15) is 4.79 Å². The number of benzene rings is 1. The van der Waals surface area contributed by atoms with Crippen LogP contribution in [0.4, 0.5) is 5.95 Å². The molecule has 29 heavy (non-hydrogen) atoms. The van der Waals surface area contributed by atoms with E-state index in [1.54, 1.807) is 0 Å². The Bertz CT molecular complexity index is 784. The van der Waals surface area contributed by atoms with Crippen LogP contribution in [0.5, 0.6) is 5.75 Å². The summed E-state index contributed by atoms with van der Waals surface area (Å²) in [6.07, 6.45) is 2.28. The van der Waals surface area contributed by atoms with Crippen LogP contribution in [0, 0.1) is 6.92 Å². The molecule has 0 spiro atoms. The summed E-state index contributed by atoms with van der Waals surface area (Å²) < 4.78 is 5.74. The number of H-pyrrole nitrogens is 1. The SMILES string of the molecule is CC(=O)O.Cc1ccc(C(=O)N2CCN(c3ncn[nH]3)CC2)cc1OCCCN. The molecule has 1 aliphatic heterocycles. The average Bonchev–Trinajstić information content (AvgIpc) is 3.24. The van der Waals surface area contributed by atoms with Crippen LogP contribution >= 0.6 is 0 Å². The minimum Gasteiger partial charge on any atom is -0.493 e. The summed E-state index contributed by atoms with van der Waals surface area (Å²) in [5.41, 5.74) is 7.17. The molecule has 1 saturated heterocycles. The highest BCUT2D eigenvalue weighted by molar-refractivity contribution is 5.95. The molecular formula is C19H28N6O4. The number of aromatic amines is 1. The van der Waals surface area contributed by atoms with Crippen LogP contribution in [0.25, 0.3) is 0 Å². The van der Waals surface area contributed by atoms with Gasteiger partial charge in [0.25, 0.3) is 11.9 Å². The molecule has 2 aromatic rings. The van der Waals surface area contributed by atoms with Gasteiger partial charge in [0.05, 0.1) is 6.61 Å². The molecule has 10 heteroatoms. The summed E-state index contributed by atoms with van der Waals surface area (Å²) in [6.45, 7) is 6.97. The average molecular weight is 404 g/mol. The van der Waals surface area contributed by atoms with Crippen LogP contribution in [-0.2, 0) is 4.79 Å². The molecule has 0 saturated carbocycles. The van der Waals surface area contributed by atoms with Crippen molar-refractivity contribution in [1.29, 1.82) is 0 Å². The maximum atomic E-state index is 12.8. The number of nitrogens with two attached hydrogens (primary N) is 1. The van der Waals surface area contributed by atoms with Gasteiger partial charge < -0.3 is 25.4 Å². The van der Waals surface area contributed by atoms with Crippen molar-refractivity contribution in [2.75, 3.05) is 44.2 Å². The first-order chi connectivity index (χ1) is 13.9. The summed E-state index contributed by atoms with van der Waals surface area (Å²) in [7, 11) is 0. The molecule has 0 aliphatic carbocycles. The molecule has 3 rings (SSSR count). The number of nitrogens with zero attached hydrogens (tertiary/aromatic N) is 4. The molecule has 1 aliphatic rings. The number of carboxylic acids is 1. The molecule has 4 N–H and O–H groups in total. The van der Waals surface area contributed by atoms with Crippen molar-refractivity contribution in [3.05, 3.63) is 35.7 Å². The highest BCUT2D eigenvalue weighted by Gasteiger charge is 2.23. The van der Waals surface area contributed by atoms with Crippen LogP contribution < -0.4 is 15.4 Å². The second kappa shape index (κ2) is 11.0. The Morgan fingerprint density at radius 2 is 1.97 bits per heavy atom. The Morgan fingerprint density at radius 1 is 1.28 bits per heavy atom. The molecule has 0 bridgehead atoms. The second-order valence-corrected chi connectivity index (χ2v) is 6.58. The number of hydrogen-bond donors (Lipinski definition) is 3. The first kappa shape index (κ1) is 22.2. The Labute approximate surface area is 169 Å². The lowest BCUT2D eigenvalue weighted by atomic mass is 10.1. The van der Waals surface area contributed by atoms with Gasteiger partial charge >= 0.3 is 0 Å². The minimum absolute atomic E-state index is 0.0286. The number of nitrogens with one attached hydrogen (secondary N) is 1. The maximum Gasteiger partial charge on any atom is 0.300 e. The van der Waals surface area contributed by atoms with E-state index < -0.39 is 5.97 Å². The lowest BCUT2D eigenvalue weighted by molar-refractivity contribution is -0.134. The van der Waals surface area contributed by atoms with Gasteiger partial charge in [-0.25, -0.2) is 5.10 Å². The van der Waals surface area contributed by atoms with E-state index in [-0.39, 0.29) is 5.91 Å². The van der Waals surface area contributed by atoms with Gasteiger partial charge in [0.1, 0.15) is 12.1 Å². The number of piperazine rings is 1. The predicted octanol–water partition coefficient (Wildman–Crippen LogP) is 0.894. The van der Waals surface area contributed by atoms with Crippen LogP contribution in [0.2, 0.25) is 0 Å². The lowest BCUT2D eigenvalue weighted by Crippen LogP contribution is -2.49. The van der Waals surface area contributed by atoms with Crippen molar-refractivity contribution in [3.8, 4) is 5.75 Å². The van der Waals surface area contributed by atoms with Gasteiger partial charge in [-0.2, -0.15) is 10.1 Å². The van der Waals surface area contributed by atoms with E-state index in [1.165, 1.54) is 6.33 Å². The van der Waals surface area contributed by atoms with Crippen molar-refractivity contribution in [1.82, 2.24) is 20.1 Å². The first-order valence-electron chi connectivity index (χ1n) is 9.45. The topological polar surface area (TPSA) is 138 Å². The monoisotopic (exact) mass is 404 g/mol. The third kappa shape index (κ3) is 6.75. The minimum atomic E-state index is -0.833. The van der Waals surface area contributed by atoms with E-state index >= 15 is 0 Å². The van der Waals surface area contributed by atoms with E-state index in [2.05, 4.69) is 20.1 Å². The smallest absolute Gasteiger partial charge is 0.300 e. The van der Waals surface area contributed by atoms with E-state index in [0.29, 0.717) is 31.8 Å². The molecule has 1 fully saturated rings. The third-order valence-corrected chi connectivity index (χ3v) is 4.31. The fourth-order valence-corrected chi connectivity index (χ4v) is 2.81. The number of anilines is 1. The standard InChI is InChI=1S/C17H24N6O2.C2H4O2/c1-13-3-4-14(11-15(13)25-10-2-5-18)16(24)22-6-8-23(9-7-22)17-19-12-20-21-17;1-2(3)4/h3-4,11-12H,2,5-10,18H2,1H3,(H,19,20,21);1H3,(H,3,4). The number of amides is 1. The van der Waals surface area contributed by atoms with Gasteiger partial charge in [0.2, 0.25) is 5.95 Å². The molecular weight excluding hydrogens is 376 g/mol. The summed E-state index contributed by atoms with van der Waals surface area (Å²) in [4.78, 5) is 29.9. The zero-order chi connectivity index (χ0) is 21.2. The van der Waals surface area contributed by atoms with Gasteiger partial charge in [-0.3, -0.25) is 9.59 Å². The second-order valence-electron chi connectivity index (χ2n) is 6.58. The first-order valence-corrected chi connectivity index (χ1v) is 9.45. The van der Waals surface area contributed by atoms with E-state index in [0.717, 1.165) is 43.7 Å². The van der Waals surface area contributed by atoms with Crippen molar-refractivity contribution >= 4 is 17.8 Å². The molecule has 1 aromatic carbocycles. The van der Waals surface area contributed by atoms with Crippen LogP contribution in [0.15, 0.2) is 24.5 Å². The number of carboxylic acid groups (broad SMARTS) is 1. The van der Waals surface area contributed by atoms with Gasteiger partial charge in [0.15, 0.2) is 0 Å². The zero-order valence-electron chi connectivity index (χ0n) is 16.8. The molecule has 158 valence electrons. The molecule has 0 atom stereocenters. The van der Waals surface area contributed by atoms with Gasteiger partial charge in [-0.15, -0.1) is 0 Å². The number of hydrogen-bond acceptors (Lipinski definition) is 7. The van der Waals surface area contributed by atoms with E-state index in [1.807, 2.05) is 30.0 Å². The molecule has 0 radical (unpaired) electrons.